The molecule has 24 heavy (non-hydrogen) atoms. The summed E-state index contributed by atoms with van der Waals surface area (Å²) in [5.41, 5.74) is 5.99. The molecule has 0 spiro atoms. The Bertz CT molecular complexity index is 789. The van der Waals surface area contributed by atoms with Gasteiger partial charge in [-0.1, -0.05) is 91.9 Å². The van der Waals surface area contributed by atoms with Gasteiger partial charge in [0.15, 0.2) is 0 Å². The molecule has 0 fully saturated rings. The molecule has 0 N–H and O–H groups in total. The topological polar surface area (TPSA) is 0 Å². The molecule has 0 nitrogen and oxygen atoms in total. The van der Waals surface area contributed by atoms with E-state index < -0.39 is 0 Å². The molecule has 0 heteroatoms. The molecule has 0 aliphatic heterocycles. The molecule has 0 heterocycles. The zero-order valence-corrected chi connectivity index (χ0v) is 14.2. The monoisotopic (exact) mass is 312 g/mol. The minimum absolute atomic E-state index is 0.543. The van der Waals surface area contributed by atoms with Gasteiger partial charge in [0, 0.05) is 5.92 Å². The number of hydrogen-bond donors (Lipinski definition) is 0. The van der Waals surface area contributed by atoms with Gasteiger partial charge in [-0.25, -0.2) is 0 Å². The second kappa shape index (κ2) is 6.65. The van der Waals surface area contributed by atoms with Crippen LogP contribution in [0.1, 0.15) is 59.8 Å². The fourth-order valence-corrected chi connectivity index (χ4v) is 4.36. The van der Waals surface area contributed by atoms with Gasteiger partial charge < -0.3 is 0 Å². The quantitative estimate of drug-likeness (QED) is 0.518. The van der Waals surface area contributed by atoms with E-state index in [4.69, 9.17) is 0 Å². The third-order valence-corrected chi connectivity index (χ3v) is 5.67. The van der Waals surface area contributed by atoms with Crippen LogP contribution in [0.15, 0.2) is 84.9 Å². The zero-order valence-electron chi connectivity index (χ0n) is 14.2. The van der Waals surface area contributed by atoms with Crippen LogP contribution in [0.5, 0.6) is 0 Å². The highest BCUT2D eigenvalue weighted by Gasteiger charge is 2.31. The number of benzene rings is 3. The molecule has 0 saturated heterocycles. The molecule has 1 aliphatic carbocycles. The normalized spacial score (nSPS) is 21.0. The van der Waals surface area contributed by atoms with Gasteiger partial charge in [-0.3, -0.25) is 0 Å². The van der Waals surface area contributed by atoms with Gasteiger partial charge in [0.25, 0.3) is 0 Å². The van der Waals surface area contributed by atoms with E-state index in [0.717, 1.165) is 0 Å². The van der Waals surface area contributed by atoms with Crippen molar-refractivity contribution in [1.29, 1.82) is 0 Å². The molecule has 3 atom stereocenters. The first kappa shape index (κ1) is 15.2. The van der Waals surface area contributed by atoms with Gasteiger partial charge in [-0.2, -0.15) is 0 Å². The van der Waals surface area contributed by atoms with Gasteiger partial charge in [0.05, 0.1) is 0 Å². The van der Waals surface area contributed by atoms with Gasteiger partial charge >= 0.3 is 0 Å². The van der Waals surface area contributed by atoms with Crippen molar-refractivity contribution in [3.63, 3.8) is 0 Å². The summed E-state index contributed by atoms with van der Waals surface area (Å²) in [5, 5.41) is 0. The molecular weight excluding hydrogens is 288 g/mol. The lowest BCUT2D eigenvalue weighted by Gasteiger charge is -2.35. The van der Waals surface area contributed by atoms with Crippen molar-refractivity contribution in [3.05, 3.63) is 107 Å². The van der Waals surface area contributed by atoms with E-state index in [0.29, 0.717) is 17.8 Å². The second-order valence-corrected chi connectivity index (χ2v) is 6.98. The number of fused-ring (bicyclic) bond motifs is 1. The summed E-state index contributed by atoms with van der Waals surface area (Å²) in [6, 6.07) is 31.1. The van der Waals surface area contributed by atoms with Crippen molar-refractivity contribution in [2.45, 2.75) is 37.5 Å². The molecule has 3 aromatic rings. The van der Waals surface area contributed by atoms with Crippen molar-refractivity contribution >= 4 is 0 Å². The first-order valence-electron chi connectivity index (χ1n) is 9.03. The molecule has 0 unspecified atom stereocenters. The second-order valence-electron chi connectivity index (χ2n) is 6.98. The summed E-state index contributed by atoms with van der Waals surface area (Å²) in [6.45, 7) is 2.39. The van der Waals surface area contributed by atoms with Gasteiger partial charge in [0.1, 0.15) is 0 Å². The van der Waals surface area contributed by atoms with Crippen LogP contribution in [0.4, 0.5) is 0 Å². The van der Waals surface area contributed by atoms with Crippen molar-refractivity contribution in [2.75, 3.05) is 0 Å². The van der Waals surface area contributed by atoms with E-state index in [-0.39, 0.29) is 0 Å². The van der Waals surface area contributed by atoms with Crippen LogP contribution >= 0.6 is 0 Å². The van der Waals surface area contributed by atoms with E-state index >= 15 is 0 Å². The Kier molecular flexibility index (Phi) is 4.21. The molecule has 3 aromatic carbocycles. The van der Waals surface area contributed by atoms with Crippen LogP contribution in [-0.4, -0.2) is 0 Å². The number of hydrogen-bond acceptors (Lipinski definition) is 0. The van der Waals surface area contributed by atoms with Gasteiger partial charge in [0.2, 0.25) is 0 Å². The predicted molar refractivity (Wildman–Crippen MR) is 102 cm³/mol. The highest BCUT2D eigenvalue weighted by Crippen LogP contribution is 2.47. The summed E-state index contributed by atoms with van der Waals surface area (Å²) in [4.78, 5) is 0. The highest BCUT2D eigenvalue weighted by atomic mass is 14.3. The third kappa shape index (κ3) is 2.78. The van der Waals surface area contributed by atoms with Gasteiger partial charge in [-0.15, -0.1) is 0 Å². The Hall–Kier alpha value is -2.34. The van der Waals surface area contributed by atoms with E-state index in [2.05, 4.69) is 91.9 Å². The van der Waals surface area contributed by atoms with Crippen LogP contribution in [-0.2, 0) is 0 Å². The minimum Gasteiger partial charge on any atom is -0.0622 e. The Balaban J connectivity index is 1.72. The molecule has 0 bridgehead atoms. The Labute approximate surface area is 145 Å². The maximum atomic E-state index is 2.39. The minimum atomic E-state index is 0.543. The van der Waals surface area contributed by atoms with Crippen LogP contribution in [0, 0.1) is 0 Å². The largest absolute Gasteiger partial charge is 0.0622 e. The van der Waals surface area contributed by atoms with E-state index in [1.54, 1.807) is 5.56 Å². The lowest BCUT2D eigenvalue weighted by atomic mass is 9.69. The van der Waals surface area contributed by atoms with Crippen LogP contribution in [0.25, 0.3) is 0 Å². The van der Waals surface area contributed by atoms with E-state index in [9.17, 15) is 0 Å². The average Bonchev–Trinajstić information content (AvgIpc) is 2.68. The maximum Gasteiger partial charge on any atom is 0.00924 e. The van der Waals surface area contributed by atoms with Crippen LogP contribution in [0.3, 0.4) is 0 Å². The lowest BCUT2D eigenvalue weighted by molar-refractivity contribution is 0.464. The average molecular weight is 312 g/mol. The first-order chi connectivity index (χ1) is 11.8. The molecule has 0 aromatic heterocycles. The maximum absolute atomic E-state index is 2.39. The summed E-state index contributed by atoms with van der Waals surface area (Å²) >= 11 is 0. The molecular formula is C24H24. The first-order valence-corrected chi connectivity index (χ1v) is 9.03. The molecule has 1 aliphatic rings. The Morgan fingerprint density at radius 3 is 1.96 bits per heavy atom. The van der Waals surface area contributed by atoms with Crippen molar-refractivity contribution in [3.8, 4) is 0 Å². The molecule has 120 valence electrons. The summed E-state index contributed by atoms with van der Waals surface area (Å²) in [6.07, 6.45) is 2.50. The fraction of sp³-hybridized carbons (Fsp3) is 0.250. The highest BCUT2D eigenvalue weighted by molar-refractivity contribution is 5.43. The fourth-order valence-electron chi connectivity index (χ4n) is 4.36. The molecule has 4 rings (SSSR count). The third-order valence-electron chi connectivity index (χ3n) is 5.67. The smallest absolute Gasteiger partial charge is 0.00924 e. The summed E-state index contributed by atoms with van der Waals surface area (Å²) < 4.78 is 0. The van der Waals surface area contributed by atoms with Crippen LogP contribution in [0.2, 0.25) is 0 Å². The molecule has 0 saturated carbocycles. The van der Waals surface area contributed by atoms with E-state index in [1.165, 1.54) is 29.5 Å². The molecule has 0 amide bonds. The summed E-state index contributed by atoms with van der Waals surface area (Å²) in [5.74, 6) is 1.72. The van der Waals surface area contributed by atoms with Crippen LogP contribution < -0.4 is 0 Å². The van der Waals surface area contributed by atoms with Crippen molar-refractivity contribution in [2.24, 2.45) is 0 Å². The SMILES string of the molecule is C[C@H](c1ccccc1)[C@H]1CC[C@H](c2ccccc2)c2ccccc21. The van der Waals surface area contributed by atoms with Gasteiger partial charge in [-0.05, 0) is 46.9 Å². The van der Waals surface area contributed by atoms with Crippen molar-refractivity contribution in [1.82, 2.24) is 0 Å². The van der Waals surface area contributed by atoms with Crippen molar-refractivity contribution < 1.29 is 0 Å². The lowest BCUT2D eigenvalue weighted by Crippen LogP contribution is -2.19. The standard InChI is InChI=1S/C24H24/c1-18(19-10-4-2-5-11-19)21-16-17-22(20-12-6-3-7-13-20)24-15-9-8-14-23(21)24/h2-15,18,21-22H,16-17H2,1H3/t18-,21-,22-/m1/s1. The Morgan fingerprint density at radius 1 is 0.667 bits per heavy atom. The summed E-state index contributed by atoms with van der Waals surface area (Å²) in [7, 11) is 0. The zero-order chi connectivity index (χ0) is 16.4. The number of rotatable bonds is 3. The molecule has 0 radical (unpaired) electrons. The Morgan fingerprint density at radius 2 is 1.25 bits per heavy atom. The predicted octanol–water partition coefficient (Wildman–Crippen LogP) is 6.50. The van der Waals surface area contributed by atoms with E-state index in [1.807, 2.05) is 0 Å².